The first-order valence-electron chi connectivity index (χ1n) is 6.87. The number of aliphatic carboxylic acids is 1. The van der Waals surface area contributed by atoms with Gasteiger partial charge in [0.2, 0.25) is 0 Å². The summed E-state index contributed by atoms with van der Waals surface area (Å²) in [6.45, 7) is -0.0703. The molecule has 1 fully saturated rings. The normalized spacial score (nSPS) is 20.2. The number of thioether (sulfide) groups is 1. The number of benzene rings is 1. The van der Waals surface area contributed by atoms with E-state index in [-0.39, 0.29) is 28.1 Å². The Hall–Kier alpha value is -1.71. The van der Waals surface area contributed by atoms with E-state index in [1.807, 2.05) is 6.07 Å². The first-order valence-corrected chi connectivity index (χ1v) is 8.89. The van der Waals surface area contributed by atoms with Gasteiger partial charge in [-0.05, 0) is 18.2 Å². The largest absolute Gasteiger partial charge is 0.550 e. The second-order valence-corrected chi connectivity index (χ2v) is 7.74. The molecule has 0 unspecified atom stereocenters. The van der Waals surface area contributed by atoms with Gasteiger partial charge < -0.3 is 14.8 Å². The van der Waals surface area contributed by atoms with Crippen LogP contribution in [0.1, 0.15) is 12.0 Å². The molecule has 1 aromatic carbocycles. The third-order valence-corrected chi connectivity index (χ3v) is 5.67. The molecular weight excluding hydrogens is 416 g/mol. The van der Waals surface area contributed by atoms with Crippen molar-refractivity contribution in [3.8, 4) is 0 Å². The van der Waals surface area contributed by atoms with Crippen molar-refractivity contribution in [1.82, 2.24) is 4.90 Å². The molecule has 2 aliphatic rings. The molecule has 2 amide bonds. The number of hydrogen-bond donors (Lipinski definition) is 0. The van der Waals surface area contributed by atoms with E-state index in [1.54, 1.807) is 19.2 Å². The number of carbonyl (C=O) groups excluding carboxylic acids is 3. The fourth-order valence-electron chi connectivity index (χ4n) is 2.56. The number of carboxylic acid groups (broad SMARTS) is 1. The van der Waals surface area contributed by atoms with Crippen LogP contribution in [0.25, 0.3) is 5.57 Å². The molecule has 3 rings (SSSR count). The second kappa shape index (κ2) is 6.30. The highest BCUT2D eigenvalue weighted by Crippen LogP contribution is 2.44. The maximum absolute atomic E-state index is 12.6. The minimum Gasteiger partial charge on any atom is -0.550 e. The number of carboxylic acids is 1. The van der Waals surface area contributed by atoms with E-state index in [1.165, 1.54) is 9.80 Å². The SMILES string of the molecule is CN1C(=O)/C(=C2\SC(=S)N(CCC(=O)[O-])C2=O)c2cc(Br)ccc21. The molecule has 0 N–H and O–H groups in total. The number of fused-ring (bicyclic) bond motifs is 1. The lowest BCUT2D eigenvalue weighted by Crippen LogP contribution is -2.34. The van der Waals surface area contributed by atoms with Gasteiger partial charge in [-0.2, -0.15) is 0 Å². The summed E-state index contributed by atoms with van der Waals surface area (Å²) in [6.07, 6.45) is -0.314. The first-order chi connectivity index (χ1) is 11.3. The minimum atomic E-state index is -1.26. The van der Waals surface area contributed by atoms with Gasteiger partial charge in [0.1, 0.15) is 4.32 Å². The number of likely N-dealkylation sites (N-methyl/N-ethyl adjacent to an activating group) is 1. The van der Waals surface area contributed by atoms with Gasteiger partial charge >= 0.3 is 0 Å². The molecule has 0 atom stereocenters. The standard InChI is InChI=1S/C15H11BrN2O4S2/c1-17-9-3-2-7(16)6-8(9)11(13(17)21)12-14(22)18(15(23)24-12)5-4-10(19)20/h2-3,6H,4-5H2,1H3,(H,19,20)/p-1/b12-11-. The Morgan fingerprint density at radius 3 is 2.71 bits per heavy atom. The summed E-state index contributed by atoms with van der Waals surface area (Å²) in [5.74, 6) is -2.00. The Balaban J connectivity index is 2.06. The molecule has 6 nitrogen and oxygen atoms in total. The van der Waals surface area contributed by atoms with Crippen molar-refractivity contribution in [1.29, 1.82) is 0 Å². The number of anilines is 1. The van der Waals surface area contributed by atoms with Crippen LogP contribution in [0.5, 0.6) is 0 Å². The highest BCUT2D eigenvalue weighted by atomic mass is 79.9. The van der Waals surface area contributed by atoms with Crippen LogP contribution in [0.3, 0.4) is 0 Å². The van der Waals surface area contributed by atoms with Crippen molar-refractivity contribution in [2.45, 2.75) is 6.42 Å². The molecule has 1 saturated heterocycles. The topological polar surface area (TPSA) is 80.8 Å². The maximum Gasteiger partial charge on any atom is 0.267 e. The van der Waals surface area contributed by atoms with Gasteiger partial charge in [-0.1, -0.05) is 39.9 Å². The van der Waals surface area contributed by atoms with Crippen molar-refractivity contribution in [3.05, 3.63) is 33.1 Å². The highest BCUT2D eigenvalue weighted by Gasteiger charge is 2.40. The van der Waals surface area contributed by atoms with Crippen LogP contribution < -0.4 is 10.0 Å². The number of rotatable bonds is 3. The average molecular weight is 426 g/mol. The summed E-state index contributed by atoms with van der Waals surface area (Å²) in [5, 5.41) is 10.6. The van der Waals surface area contributed by atoms with Gasteiger partial charge in [0.25, 0.3) is 11.8 Å². The van der Waals surface area contributed by atoms with Crippen molar-refractivity contribution in [3.63, 3.8) is 0 Å². The minimum absolute atomic E-state index is 0.0703. The molecule has 0 radical (unpaired) electrons. The zero-order valence-electron chi connectivity index (χ0n) is 12.4. The average Bonchev–Trinajstić information content (AvgIpc) is 2.92. The Labute approximate surface area is 155 Å². The van der Waals surface area contributed by atoms with Crippen molar-refractivity contribution in [2.75, 3.05) is 18.5 Å². The molecule has 24 heavy (non-hydrogen) atoms. The summed E-state index contributed by atoms with van der Waals surface area (Å²) in [7, 11) is 1.64. The molecule has 0 aliphatic carbocycles. The summed E-state index contributed by atoms with van der Waals surface area (Å²) >= 11 is 9.55. The number of nitrogens with zero attached hydrogens (tertiary/aromatic N) is 2. The summed E-state index contributed by atoms with van der Waals surface area (Å²) < 4.78 is 1.02. The fraction of sp³-hybridized carbons (Fsp3) is 0.200. The van der Waals surface area contributed by atoms with Gasteiger partial charge in [-0.25, -0.2) is 0 Å². The molecule has 9 heteroatoms. The van der Waals surface area contributed by atoms with Crippen molar-refractivity contribution in [2.24, 2.45) is 0 Å². The monoisotopic (exact) mass is 425 g/mol. The molecule has 0 spiro atoms. The quantitative estimate of drug-likeness (QED) is 0.533. The van der Waals surface area contributed by atoms with E-state index in [9.17, 15) is 19.5 Å². The van der Waals surface area contributed by atoms with Crippen molar-refractivity contribution >= 4 is 73.3 Å². The van der Waals surface area contributed by atoms with Crippen molar-refractivity contribution < 1.29 is 19.5 Å². The predicted molar refractivity (Wildman–Crippen MR) is 96.0 cm³/mol. The molecule has 124 valence electrons. The van der Waals surface area contributed by atoms with Crippen LogP contribution in [-0.2, 0) is 14.4 Å². The van der Waals surface area contributed by atoms with E-state index in [0.717, 1.165) is 16.2 Å². The lowest BCUT2D eigenvalue weighted by Gasteiger charge is -2.14. The van der Waals surface area contributed by atoms with E-state index < -0.39 is 11.9 Å². The zero-order valence-corrected chi connectivity index (χ0v) is 15.6. The number of thiocarbonyl (C=S) groups is 1. The van der Waals surface area contributed by atoms with Gasteiger partial charge in [0.05, 0.1) is 16.2 Å². The second-order valence-electron chi connectivity index (χ2n) is 5.18. The van der Waals surface area contributed by atoms with E-state index >= 15 is 0 Å². The lowest BCUT2D eigenvalue weighted by atomic mass is 10.1. The van der Waals surface area contributed by atoms with Crippen LogP contribution in [0.15, 0.2) is 27.6 Å². The van der Waals surface area contributed by atoms with E-state index in [4.69, 9.17) is 12.2 Å². The van der Waals surface area contributed by atoms with Gasteiger partial charge in [0, 0.05) is 36.0 Å². The number of halogens is 1. The van der Waals surface area contributed by atoms with Gasteiger partial charge in [-0.15, -0.1) is 0 Å². The van der Waals surface area contributed by atoms with Crippen LogP contribution in [-0.4, -0.2) is 40.6 Å². The van der Waals surface area contributed by atoms with E-state index in [0.29, 0.717) is 16.8 Å². The summed E-state index contributed by atoms with van der Waals surface area (Å²) in [6, 6.07) is 5.39. The zero-order chi connectivity index (χ0) is 17.6. The van der Waals surface area contributed by atoms with E-state index in [2.05, 4.69) is 15.9 Å². The van der Waals surface area contributed by atoms with Gasteiger partial charge in [0.15, 0.2) is 0 Å². The molecule has 0 saturated carbocycles. The molecule has 0 aromatic heterocycles. The van der Waals surface area contributed by atoms with Gasteiger partial charge in [-0.3, -0.25) is 14.5 Å². The number of amides is 2. The number of hydrogen-bond acceptors (Lipinski definition) is 6. The smallest absolute Gasteiger partial charge is 0.267 e. The molecule has 1 aromatic rings. The Bertz CT molecular complexity index is 837. The molecular formula is C15H10BrN2O4S2-. The molecule has 2 aliphatic heterocycles. The first kappa shape index (κ1) is 17.1. The third kappa shape index (κ3) is 2.76. The fourth-order valence-corrected chi connectivity index (χ4v) is 4.30. The van der Waals surface area contributed by atoms with Crippen LogP contribution >= 0.6 is 39.9 Å². The predicted octanol–water partition coefficient (Wildman–Crippen LogP) is 1.14. The Morgan fingerprint density at radius 2 is 2.04 bits per heavy atom. The summed E-state index contributed by atoms with van der Waals surface area (Å²) in [4.78, 5) is 38.8. The summed E-state index contributed by atoms with van der Waals surface area (Å²) in [5.41, 5.74) is 1.65. The lowest BCUT2D eigenvalue weighted by molar-refractivity contribution is -0.305. The van der Waals surface area contributed by atoms with Crippen LogP contribution in [0, 0.1) is 0 Å². The third-order valence-electron chi connectivity index (χ3n) is 3.72. The Kier molecular flexibility index (Phi) is 4.50. The highest BCUT2D eigenvalue weighted by molar-refractivity contribution is 9.10. The number of carbonyl (C=O) groups is 3. The van der Waals surface area contributed by atoms with Crippen LogP contribution in [0.2, 0.25) is 0 Å². The van der Waals surface area contributed by atoms with Crippen LogP contribution in [0.4, 0.5) is 5.69 Å². The maximum atomic E-state index is 12.6. The Morgan fingerprint density at radius 1 is 1.33 bits per heavy atom. The molecule has 2 heterocycles. The molecule has 0 bridgehead atoms.